The molecule has 76 valence electrons. The van der Waals surface area contributed by atoms with Crippen molar-refractivity contribution in [3.63, 3.8) is 0 Å². The van der Waals surface area contributed by atoms with E-state index in [1.54, 1.807) is 7.11 Å². The molecule has 0 radical (unpaired) electrons. The molecule has 0 spiro atoms. The van der Waals surface area contributed by atoms with Crippen LogP contribution in [-0.2, 0) is 9.53 Å². The second kappa shape index (κ2) is 5.94. The third-order valence-corrected chi connectivity index (χ3v) is 2.30. The van der Waals surface area contributed by atoms with Gasteiger partial charge in [-0.25, -0.2) is 0 Å². The van der Waals surface area contributed by atoms with Gasteiger partial charge >= 0.3 is 0 Å². The molecule has 0 aromatic rings. The van der Waals surface area contributed by atoms with E-state index in [2.05, 4.69) is 0 Å². The fraction of sp³-hybridized carbons (Fsp3) is 0.889. The Balaban J connectivity index is 2.03. The molecule has 1 rings (SSSR count). The van der Waals surface area contributed by atoms with Crippen molar-refractivity contribution in [3.05, 3.63) is 0 Å². The van der Waals surface area contributed by atoms with Gasteiger partial charge in [0, 0.05) is 20.2 Å². The van der Waals surface area contributed by atoms with Crippen molar-refractivity contribution in [1.82, 2.24) is 4.90 Å². The Morgan fingerprint density at radius 1 is 1.46 bits per heavy atom. The fourth-order valence-corrected chi connectivity index (χ4v) is 1.52. The molecule has 0 aromatic carbocycles. The van der Waals surface area contributed by atoms with Crippen LogP contribution >= 0.6 is 0 Å². The lowest BCUT2D eigenvalue weighted by atomic mass is 10.4. The van der Waals surface area contributed by atoms with E-state index in [-0.39, 0.29) is 5.91 Å². The van der Waals surface area contributed by atoms with Gasteiger partial charge in [0.05, 0.1) is 13.2 Å². The summed E-state index contributed by atoms with van der Waals surface area (Å²) in [6.45, 7) is 4.07. The van der Waals surface area contributed by atoms with Crippen LogP contribution < -0.4 is 5.32 Å². The number of carbonyl (C=O) groups excluding carboxylic acids is 1. The van der Waals surface area contributed by atoms with Crippen LogP contribution in [0.15, 0.2) is 0 Å². The normalized spacial score (nSPS) is 16.5. The van der Waals surface area contributed by atoms with E-state index in [0.717, 1.165) is 19.6 Å². The maximum atomic E-state index is 11.5. The fourth-order valence-electron chi connectivity index (χ4n) is 1.52. The van der Waals surface area contributed by atoms with Gasteiger partial charge in [-0.3, -0.25) is 4.79 Å². The molecule has 1 heterocycles. The minimum atomic E-state index is 0.272. The lowest BCUT2D eigenvalue weighted by molar-refractivity contribution is -0.645. The molecule has 1 fully saturated rings. The summed E-state index contributed by atoms with van der Waals surface area (Å²) in [5.74, 6) is 0.272. The first kappa shape index (κ1) is 10.5. The summed E-state index contributed by atoms with van der Waals surface area (Å²) in [6.07, 6.45) is 2.34. The Kier molecular flexibility index (Phi) is 4.78. The van der Waals surface area contributed by atoms with Gasteiger partial charge in [0.15, 0.2) is 6.54 Å². The summed E-state index contributed by atoms with van der Waals surface area (Å²) in [5, 5.41) is 2.00. The number of methoxy groups -OCH3 is 1. The number of rotatable bonds is 5. The summed E-state index contributed by atoms with van der Waals surface area (Å²) in [7, 11) is 1.68. The SMILES string of the molecule is COCC[NH2+]CC(=O)N1CCCC1. The second-order valence-corrected chi connectivity index (χ2v) is 3.36. The number of nitrogens with zero attached hydrogens (tertiary/aromatic N) is 1. The monoisotopic (exact) mass is 187 g/mol. The highest BCUT2D eigenvalue weighted by atomic mass is 16.5. The number of hydrogen-bond donors (Lipinski definition) is 1. The van der Waals surface area contributed by atoms with Gasteiger partial charge in [0.25, 0.3) is 5.91 Å². The van der Waals surface area contributed by atoms with Crippen molar-refractivity contribution in [2.24, 2.45) is 0 Å². The first-order valence-corrected chi connectivity index (χ1v) is 4.93. The molecule has 1 amide bonds. The second-order valence-electron chi connectivity index (χ2n) is 3.36. The predicted octanol–water partition coefficient (Wildman–Crippen LogP) is -1.18. The van der Waals surface area contributed by atoms with Gasteiger partial charge in [-0.15, -0.1) is 0 Å². The molecular formula is C9H19N2O2+. The summed E-state index contributed by atoms with van der Waals surface area (Å²) in [4.78, 5) is 13.4. The van der Waals surface area contributed by atoms with Gasteiger partial charge in [0.1, 0.15) is 0 Å². The van der Waals surface area contributed by atoms with Crippen LogP contribution in [0.1, 0.15) is 12.8 Å². The zero-order valence-corrected chi connectivity index (χ0v) is 8.29. The molecule has 4 heteroatoms. The third kappa shape index (κ3) is 3.74. The number of carbonyl (C=O) groups is 1. The van der Waals surface area contributed by atoms with E-state index < -0.39 is 0 Å². The maximum absolute atomic E-state index is 11.5. The molecular weight excluding hydrogens is 168 g/mol. The molecule has 0 aromatic heterocycles. The van der Waals surface area contributed by atoms with Crippen molar-refractivity contribution in [3.8, 4) is 0 Å². The highest BCUT2D eigenvalue weighted by Crippen LogP contribution is 2.05. The Bertz CT molecular complexity index is 156. The molecule has 4 nitrogen and oxygen atoms in total. The van der Waals surface area contributed by atoms with E-state index in [1.807, 2.05) is 10.2 Å². The number of amides is 1. The number of nitrogens with two attached hydrogens (primary N) is 1. The van der Waals surface area contributed by atoms with Crippen LogP contribution in [0.2, 0.25) is 0 Å². The van der Waals surface area contributed by atoms with Gasteiger partial charge in [-0.05, 0) is 12.8 Å². The number of likely N-dealkylation sites (tertiary alicyclic amines) is 1. The van der Waals surface area contributed by atoms with Crippen molar-refractivity contribution in [2.75, 3.05) is 39.9 Å². The largest absolute Gasteiger partial charge is 0.379 e. The minimum absolute atomic E-state index is 0.272. The average molecular weight is 187 g/mol. The predicted molar refractivity (Wildman–Crippen MR) is 49.3 cm³/mol. The summed E-state index contributed by atoms with van der Waals surface area (Å²) >= 11 is 0. The van der Waals surface area contributed by atoms with Crippen LogP contribution in [-0.4, -0.2) is 50.7 Å². The third-order valence-electron chi connectivity index (χ3n) is 2.30. The lowest BCUT2D eigenvalue weighted by Gasteiger charge is -2.13. The summed E-state index contributed by atoms with van der Waals surface area (Å²) < 4.78 is 4.89. The van der Waals surface area contributed by atoms with Gasteiger partial charge in [-0.1, -0.05) is 0 Å². The van der Waals surface area contributed by atoms with Crippen molar-refractivity contribution >= 4 is 5.91 Å². The van der Waals surface area contributed by atoms with Crippen molar-refractivity contribution in [2.45, 2.75) is 12.8 Å². The lowest BCUT2D eigenvalue weighted by Crippen LogP contribution is -2.87. The van der Waals surface area contributed by atoms with Crippen LogP contribution in [0.3, 0.4) is 0 Å². The standard InChI is InChI=1S/C9H18N2O2/c1-13-7-4-10-8-9(12)11-5-2-3-6-11/h10H,2-8H2,1H3/p+1. The van der Waals surface area contributed by atoms with E-state index in [9.17, 15) is 4.79 Å². The van der Waals surface area contributed by atoms with E-state index >= 15 is 0 Å². The first-order valence-electron chi connectivity index (χ1n) is 4.93. The van der Waals surface area contributed by atoms with E-state index in [4.69, 9.17) is 4.74 Å². The van der Waals surface area contributed by atoms with Crippen LogP contribution in [0.4, 0.5) is 0 Å². The van der Waals surface area contributed by atoms with Gasteiger partial charge in [0.2, 0.25) is 0 Å². The quantitative estimate of drug-likeness (QED) is 0.551. The maximum Gasteiger partial charge on any atom is 0.277 e. The molecule has 1 aliphatic rings. The van der Waals surface area contributed by atoms with Gasteiger partial charge < -0.3 is 15.0 Å². The summed E-state index contributed by atoms with van der Waals surface area (Å²) in [5.41, 5.74) is 0. The number of quaternary nitrogens is 1. The number of ether oxygens (including phenoxy) is 1. The molecule has 0 atom stereocenters. The van der Waals surface area contributed by atoms with Gasteiger partial charge in [-0.2, -0.15) is 0 Å². The average Bonchev–Trinajstić information content (AvgIpc) is 2.65. The zero-order chi connectivity index (χ0) is 9.52. The highest BCUT2D eigenvalue weighted by Gasteiger charge is 2.18. The van der Waals surface area contributed by atoms with Crippen molar-refractivity contribution in [1.29, 1.82) is 0 Å². The molecule has 0 aliphatic carbocycles. The molecule has 0 saturated carbocycles. The molecule has 0 bridgehead atoms. The minimum Gasteiger partial charge on any atom is -0.379 e. The van der Waals surface area contributed by atoms with Crippen LogP contribution in [0, 0.1) is 0 Å². The molecule has 1 saturated heterocycles. The molecule has 0 unspecified atom stereocenters. The zero-order valence-electron chi connectivity index (χ0n) is 8.29. The molecule has 1 aliphatic heterocycles. The van der Waals surface area contributed by atoms with Crippen molar-refractivity contribution < 1.29 is 14.8 Å². The van der Waals surface area contributed by atoms with Crippen LogP contribution in [0.25, 0.3) is 0 Å². The Morgan fingerprint density at radius 2 is 2.15 bits per heavy atom. The highest BCUT2D eigenvalue weighted by molar-refractivity contribution is 5.77. The molecule has 2 N–H and O–H groups in total. The topological polar surface area (TPSA) is 46.1 Å². The summed E-state index contributed by atoms with van der Waals surface area (Å²) in [6, 6.07) is 0. The Labute approximate surface area is 79.2 Å². The van der Waals surface area contributed by atoms with E-state index in [1.165, 1.54) is 12.8 Å². The van der Waals surface area contributed by atoms with Crippen LogP contribution in [0.5, 0.6) is 0 Å². The number of hydrogen-bond acceptors (Lipinski definition) is 2. The Morgan fingerprint density at radius 3 is 2.77 bits per heavy atom. The van der Waals surface area contributed by atoms with E-state index in [0.29, 0.717) is 13.2 Å². The first-order chi connectivity index (χ1) is 6.34. The smallest absolute Gasteiger partial charge is 0.277 e. The Hall–Kier alpha value is -0.610. The molecule has 13 heavy (non-hydrogen) atoms.